The first-order chi connectivity index (χ1) is 10.4. The van der Waals surface area contributed by atoms with Crippen LogP contribution < -0.4 is 5.32 Å². The number of hydrogen-bond donors (Lipinski definition) is 1. The van der Waals surface area contributed by atoms with Gasteiger partial charge in [-0.1, -0.05) is 18.9 Å². The van der Waals surface area contributed by atoms with Gasteiger partial charge < -0.3 is 10.2 Å². The molecule has 1 N–H and O–H groups in total. The van der Waals surface area contributed by atoms with E-state index in [-0.39, 0.29) is 0 Å². The molecule has 0 aromatic carbocycles. The standard InChI is InChI=1S/C17H28N4/c1-2-4-11-20(10-3-1)15-17(16-6-5-7-19-14-16)21-12-8-18-9-13-21/h5-7,14,17-18H,1-4,8-13,15H2. The molecule has 3 rings (SSSR count). The summed E-state index contributed by atoms with van der Waals surface area (Å²) in [5.74, 6) is 0. The zero-order valence-corrected chi connectivity index (χ0v) is 13.0. The number of nitrogens with zero attached hydrogens (tertiary/aromatic N) is 3. The topological polar surface area (TPSA) is 31.4 Å². The molecule has 116 valence electrons. The molecule has 3 heterocycles. The number of pyridine rings is 1. The molecule has 1 aromatic rings. The second kappa shape index (κ2) is 7.87. The minimum absolute atomic E-state index is 0.499. The second-order valence-electron chi connectivity index (χ2n) is 6.30. The first kappa shape index (κ1) is 14.9. The largest absolute Gasteiger partial charge is 0.314 e. The highest BCUT2D eigenvalue weighted by molar-refractivity contribution is 5.15. The molecule has 1 aromatic heterocycles. The van der Waals surface area contributed by atoms with Crippen molar-refractivity contribution in [2.45, 2.75) is 31.7 Å². The summed E-state index contributed by atoms with van der Waals surface area (Å²) in [7, 11) is 0. The van der Waals surface area contributed by atoms with Crippen molar-refractivity contribution in [3.63, 3.8) is 0 Å². The molecule has 4 heteroatoms. The monoisotopic (exact) mass is 288 g/mol. The fourth-order valence-corrected chi connectivity index (χ4v) is 3.56. The molecular formula is C17H28N4. The first-order valence-electron chi connectivity index (χ1n) is 8.50. The van der Waals surface area contributed by atoms with Crippen LogP contribution in [-0.4, -0.2) is 60.6 Å². The van der Waals surface area contributed by atoms with E-state index in [1.165, 1.54) is 44.3 Å². The zero-order chi connectivity index (χ0) is 14.3. The van der Waals surface area contributed by atoms with Crippen molar-refractivity contribution >= 4 is 0 Å². The van der Waals surface area contributed by atoms with Gasteiger partial charge in [-0.3, -0.25) is 9.88 Å². The van der Waals surface area contributed by atoms with Crippen LogP contribution in [0.2, 0.25) is 0 Å². The molecule has 2 saturated heterocycles. The van der Waals surface area contributed by atoms with E-state index in [9.17, 15) is 0 Å². The molecule has 21 heavy (non-hydrogen) atoms. The van der Waals surface area contributed by atoms with E-state index in [4.69, 9.17) is 0 Å². The van der Waals surface area contributed by atoms with E-state index >= 15 is 0 Å². The van der Waals surface area contributed by atoms with E-state index in [0.29, 0.717) is 6.04 Å². The molecular weight excluding hydrogens is 260 g/mol. The minimum Gasteiger partial charge on any atom is -0.314 e. The van der Waals surface area contributed by atoms with Gasteiger partial charge in [-0.2, -0.15) is 0 Å². The van der Waals surface area contributed by atoms with E-state index < -0.39 is 0 Å². The lowest BCUT2D eigenvalue weighted by atomic mass is 10.1. The van der Waals surface area contributed by atoms with Gasteiger partial charge in [0.05, 0.1) is 0 Å². The van der Waals surface area contributed by atoms with Gasteiger partial charge >= 0.3 is 0 Å². The van der Waals surface area contributed by atoms with Gasteiger partial charge in [0.25, 0.3) is 0 Å². The van der Waals surface area contributed by atoms with Crippen LogP contribution in [0.15, 0.2) is 24.5 Å². The van der Waals surface area contributed by atoms with Crippen molar-refractivity contribution in [1.29, 1.82) is 0 Å². The number of aromatic nitrogens is 1. The number of rotatable bonds is 4. The first-order valence-corrected chi connectivity index (χ1v) is 8.50. The molecule has 0 bridgehead atoms. The maximum Gasteiger partial charge on any atom is 0.0491 e. The van der Waals surface area contributed by atoms with Gasteiger partial charge in [0.2, 0.25) is 0 Å². The van der Waals surface area contributed by atoms with E-state index in [1.807, 2.05) is 6.20 Å². The lowest BCUT2D eigenvalue weighted by molar-refractivity contribution is 0.126. The summed E-state index contributed by atoms with van der Waals surface area (Å²) in [5.41, 5.74) is 1.38. The quantitative estimate of drug-likeness (QED) is 0.917. The molecule has 1 atom stereocenters. The Morgan fingerprint density at radius 1 is 1.05 bits per heavy atom. The van der Waals surface area contributed by atoms with Crippen LogP contribution in [0.4, 0.5) is 0 Å². The van der Waals surface area contributed by atoms with Crippen molar-refractivity contribution in [3.05, 3.63) is 30.1 Å². The lowest BCUT2D eigenvalue weighted by Crippen LogP contribution is -2.48. The Kier molecular flexibility index (Phi) is 5.60. The van der Waals surface area contributed by atoms with Crippen LogP contribution in [0.1, 0.15) is 37.3 Å². The van der Waals surface area contributed by atoms with E-state index in [2.05, 4.69) is 38.4 Å². The third kappa shape index (κ3) is 4.25. The Morgan fingerprint density at radius 3 is 2.48 bits per heavy atom. The van der Waals surface area contributed by atoms with Crippen LogP contribution in [0.25, 0.3) is 0 Å². The Balaban J connectivity index is 1.71. The van der Waals surface area contributed by atoms with Crippen LogP contribution in [0, 0.1) is 0 Å². The van der Waals surface area contributed by atoms with Crippen LogP contribution in [0.3, 0.4) is 0 Å². The van der Waals surface area contributed by atoms with Crippen LogP contribution in [-0.2, 0) is 0 Å². The SMILES string of the molecule is c1cncc(C(CN2CCCCCC2)N2CCNCC2)c1. The predicted molar refractivity (Wildman–Crippen MR) is 86.3 cm³/mol. The molecule has 1 unspecified atom stereocenters. The summed E-state index contributed by atoms with van der Waals surface area (Å²) in [6.07, 6.45) is 9.47. The normalized spacial score (nSPS) is 23.6. The van der Waals surface area contributed by atoms with Gasteiger partial charge in [0.1, 0.15) is 0 Å². The average molecular weight is 288 g/mol. The molecule has 0 amide bonds. The van der Waals surface area contributed by atoms with Crippen molar-refractivity contribution in [2.75, 3.05) is 45.8 Å². The molecule has 2 fully saturated rings. The highest BCUT2D eigenvalue weighted by Gasteiger charge is 2.24. The minimum atomic E-state index is 0.499. The van der Waals surface area contributed by atoms with Gasteiger partial charge in [-0.25, -0.2) is 0 Å². The van der Waals surface area contributed by atoms with E-state index in [0.717, 1.165) is 32.7 Å². The van der Waals surface area contributed by atoms with E-state index in [1.54, 1.807) is 0 Å². The summed E-state index contributed by atoms with van der Waals surface area (Å²) >= 11 is 0. The van der Waals surface area contributed by atoms with Gasteiger partial charge in [0.15, 0.2) is 0 Å². The number of hydrogen-bond acceptors (Lipinski definition) is 4. The summed E-state index contributed by atoms with van der Waals surface area (Å²) in [6.45, 7) is 8.20. The predicted octanol–water partition coefficient (Wildman–Crippen LogP) is 1.90. The molecule has 0 spiro atoms. The Labute approximate surface area is 128 Å². The third-order valence-electron chi connectivity index (χ3n) is 4.79. The van der Waals surface area contributed by atoms with Gasteiger partial charge in [-0.15, -0.1) is 0 Å². The molecule has 0 saturated carbocycles. The Hall–Kier alpha value is -0.970. The van der Waals surface area contributed by atoms with Crippen molar-refractivity contribution < 1.29 is 0 Å². The smallest absolute Gasteiger partial charge is 0.0491 e. The maximum absolute atomic E-state index is 4.35. The third-order valence-corrected chi connectivity index (χ3v) is 4.79. The van der Waals surface area contributed by atoms with Gasteiger partial charge in [-0.05, 0) is 37.6 Å². The summed E-state index contributed by atoms with van der Waals surface area (Å²) in [4.78, 5) is 9.66. The number of nitrogens with one attached hydrogen (secondary N) is 1. The molecule has 0 radical (unpaired) electrons. The van der Waals surface area contributed by atoms with Gasteiger partial charge in [0, 0.05) is 51.2 Å². The van der Waals surface area contributed by atoms with Crippen LogP contribution in [0.5, 0.6) is 0 Å². The lowest BCUT2D eigenvalue weighted by Gasteiger charge is -2.37. The number of piperazine rings is 1. The molecule has 2 aliphatic heterocycles. The highest BCUT2D eigenvalue weighted by atomic mass is 15.2. The molecule has 0 aliphatic carbocycles. The zero-order valence-electron chi connectivity index (χ0n) is 13.0. The van der Waals surface area contributed by atoms with Crippen molar-refractivity contribution in [3.8, 4) is 0 Å². The molecule has 4 nitrogen and oxygen atoms in total. The fraction of sp³-hybridized carbons (Fsp3) is 0.706. The van der Waals surface area contributed by atoms with Crippen LogP contribution >= 0.6 is 0 Å². The number of likely N-dealkylation sites (tertiary alicyclic amines) is 1. The summed E-state index contributed by atoms with van der Waals surface area (Å²) in [6, 6.07) is 4.82. The highest BCUT2D eigenvalue weighted by Crippen LogP contribution is 2.23. The van der Waals surface area contributed by atoms with Crippen molar-refractivity contribution in [2.24, 2.45) is 0 Å². The summed E-state index contributed by atoms with van der Waals surface area (Å²) < 4.78 is 0. The second-order valence-corrected chi connectivity index (χ2v) is 6.30. The average Bonchev–Trinajstić information content (AvgIpc) is 2.83. The maximum atomic E-state index is 4.35. The summed E-state index contributed by atoms with van der Waals surface area (Å²) in [5, 5.41) is 3.46. The fourth-order valence-electron chi connectivity index (χ4n) is 3.56. The van der Waals surface area contributed by atoms with Crippen molar-refractivity contribution in [1.82, 2.24) is 20.1 Å². The Morgan fingerprint density at radius 2 is 1.81 bits per heavy atom. The Bertz CT molecular complexity index is 395. The molecule has 2 aliphatic rings.